The molecule has 0 amide bonds. The van der Waals surface area contributed by atoms with Gasteiger partial charge in [0.05, 0.1) is 23.9 Å². The molecule has 2 fully saturated rings. The average molecular weight is 306 g/mol. The van der Waals surface area contributed by atoms with E-state index in [0.29, 0.717) is 6.42 Å². The molecule has 21 heavy (non-hydrogen) atoms. The molecule has 0 spiro atoms. The van der Waals surface area contributed by atoms with E-state index in [1.54, 1.807) is 20.8 Å². The van der Waals surface area contributed by atoms with Crippen molar-refractivity contribution < 1.29 is 34.3 Å². The number of hydrogen-bond acceptors (Lipinski definition) is 7. The first-order chi connectivity index (χ1) is 9.74. The third-order valence-electron chi connectivity index (χ3n) is 4.25. The molecule has 0 aliphatic carbocycles. The molecule has 124 valence electrons. The minimum absolute atomic E-state index is 0.0701. The molecule has 7 nitrogen and oxygen atoms in total. The Morgan fingerprint density at radius 3 is 2.38 bits per heavy atom. The Labute approximate surface area is 124 Å². The number of rotatable bonds is 3. The average Bonchev–Trinajstić information content (AvgIpc) is 2.37. The fourth-order valence-corrected chi connectivity index (χ4v) is 3.09. The van der Waals surface area contributed by atoms with E-state index in [4.69, 9.17) is 18.9 Å². The molecule has 3 N–H and O–H groups in total. The van der Waals surface area contributed by atoms with Crippen molar-refractivity contribution in [1.29, 1.82) is 0 Å². The Morgan fingerprint density at radius 2 is 1.81 bits per heavy atom. The summed E-state index contributed by atoms with van der Waals surface area (Å²) in [5.41, 5.74) is -1.22. The Hall–Kier alpha value is -0.280. The predicted octanol–water partition coefficient (Wildman–Crippen LogP) is -0.239. The first kappa shape index (κ1) is 17.1. The predicted molar refractivity (Wildman–Crippen MR) is 72.4 cm³/mol. The molecular weight excluding hydrogens is 280 g/mol. The molecule has 0 aromatic rings. The summed E-state index contributed by atoms with van der Waals surface area (Å²) in [6.45, 7) is 5.08. The largest absolute Gasteiger partial charge is 0.388 e. The Balaban J connectivity index is 2.03. The zero-order valence-electron chi connectivity index (χ0n) is 12.9. The topological polar surface area (TPSA) is 97.6 Å². The van der Waals surface area contributed by atoms with Gasteiger partial charge in [-0.05, 0) is 20.8 Å². The lowest BCUT2D eigenvalue weighted by Crippen LogP contribution is -2.58. The van der Waals surface area contributed by atoms with E-state index in [1.807, 2.05) is 0 Å². The smallest absolute Gasteiger partial charge is 0.161 e. The molecule has 0 radical (unpaired) electrons. The van der Waals surface area contributed by atoms with Crippen molar-refractivity contribution in [3.8, 4) is 0 Å². The normalized spacial score (nSPS) is 51.9. The third-order valence-corrected chi connectivity index (χ3v) is 4.25. The van der Waals surface area contributed by atoms with Crippen LogP contribution in [0.25, 0.3) is 0 Å². The van der Waals surface area contributed by atoms with Crippen molar-refractivity contribution in [2.45, 2.75) is 82.3 Å². The number of hydrogen-bond donors (Lipinski definition) is 3. The van der Waals surface area contributed by atoms with Crippen LogP contribution >= 0.6 is 0 Å². The number of aliphatic hydroxyl groups is 3. The van der Waals surface area contributed by atoms with Crippen LogP contribution in [-0.2, 0) is 18.9 Å². The van der Waals surface area contributed by atoms with Gasteiger partial charge in [-0.1, -0.05) is 0 Å². The second kappa shape index (κ2) is 6.45. The van der Waals surface area contributed by atoms with Crippen molar-refractivity contribution in [2.75, 3.05) is 7.11 Å². The molecule has 0 aromatic heterocycles. The summed E-state index contributed by atoms with van der Waals surface area (Å²) in [7, 11) is 1.53. The second-order valence-electron chi connectivity index (χ2n) is 6.19. The van der Waals surface area contributed by atoms with Gasteiger partial charge in [-0.15, -0.1) is 0 Å². The Morgan fingerprint density at radius 1 is 1.14 bits per heavy atom. The van der Waals surface area contributed by atoms with E-state index in [0.717, 1.165) is 0 Å². The number of methoxy groups -OCH3 is 1. The molecule has 0 saturated carbocycles. The fourth-order valence-electron chi connectivity index (χ4n) is 3.09. The fraction of sp³-hybridized carbons (Fsp3) is 1.00. The number of ether oxygens (including phenoxy) is 4. The van der Waals surface area contributed by atoms with Crippen LogP contribution in [0.4, 0.5) is 0 Å². The Bertz CT molecular complexity index is 348. The van der Waals surface area contributed by atoms with Gasteiger partial charge >= 0.3 is 0 Å². The van der Waals surface area contributed by atoms with Crippen LogP contribution in [0.5, 0.6) is 0 Å². The van der Waals surface area contributed by atoms with Gasteiger partial charge in [0.1, 0.15) is 12.2 Å². The summed E-state index contributed by atoms with van der Waals surface area (Å²) >= 11 is 0. The highest BCUT2D eigenvalue weighted by Gasteiger charge is 2.47. The summed E-state index contributed by atoms with van der Waals surface area (Å²) < 4.78 is 22.0. The van der Waals surface area contributed by atoms with Crippen LogP contribution < -0.4 is 0 Å². The molecule has 7 heteroatoms. The third kappa shape index (κ3) is 3.73. The first-order valence-electron chi connectivity index (χ1n) is 7.32. The molecule has 2 rings (SSSR count). The van der Waals surface area contributed by atoms with E-state index >= 15 is 0 Å². The lowest BCUT2D eigenvalue weighted by molar-refractivity contribution is -0.325. The van der Waals surface area contributed by atoms with Gasteiger partial charge in [0.25, 0.3) is 0 Å². The van der Waals surface area contributed by atoms with Gasteiger partial charge in [-0.25, -0.2) is 0 Å². The van der Waals surface area contributed by atoms with Gasteiger partial charge in [0.15, 0.2) is 12.6 Å². The van der Waals surface area contributed by atoms with E-state index in [2.05, 4.69) is 0 Å². The van der Waals surface area contributed by atoms with Crippen LogP contribution in [0.15, 0.2) is 0 Å². The Kier molecular flexibility index (Phi) is 5.25. The molecule has 0 bridgehead atoms. The van der Waals surface area contributed by atoms with Gasteiger partial charge < -0.3 is 34.3 Å². The van der Waals surface area contributed by atoms with E-state index in [1.165, 1.54) is 7.11 Å². The maximum atomic E-state index is 10.4. The minimum Gasteiger partial charge on any atom is -0.388 e. The van der Waals surface area contributed by atoms with Crippen molar-refractivity contribution in [3.63, 3.8) is 0 Å². The highest BCUT2D eigenvalue weighted by atomic mass is 16.7. The lowest BCUT2D eigenvalue weighted by Gasteiger charge is -2.46. The molecule has 2 aliphatic heterocycles. The zero-order valence-corrected chi connectivity index (χ0v) is 12.9. The zero-order chi connectivity index (χ0) is 15.8. The van der Waals surface area contributed by atoms with Crippen molar-refractivity contribution in [2.24, 2.45) is 0 Å². The standard InChI is InChI=1S/C14H26O7/c1-7-12(16)9(18-4)5-11(20-7)21-13-8(2)19-10(15)6-14(13,3)17/h7-13,15-17H,5-6H2,1-4H3/t7-,8+,9-,10-,11+,12-,13+,14+/m1/s1. The molecule has 0 unspecified atom stereocenters. The van der Waals surface area contributed by atoms with E-state index < -0.39 is 42.6 Å². The summed E-state index contributed by atoms with van der Waals surface area (Å²) in [5.74, 6) is 0. The monoisotopic (exact) mass is 306 g/mol. The SMILES string of the molecule is CO[C@@H]1C[C@H](O[C@H]2[C@H](C)O[C@@H](O)C[C@]2(C)O)O[C@H](C)[C@H]1O. The summed E-state index contributed by atoms with van der Waals surface area (Å²) in [6.07, 6.45) is -3.80. The van der Waals surface area contributed by atoms with E-state index in [-0.39, 0.29) is 12.5 Å². The molecule has 8 atom stereocenters. The highest BCUT2D eigenvalue weighted by Crippen LogP contribution is 2.33. The second-order valence-corrected chi connectivity index (χ2v) is 6.19. The summed E-state index contributed by atoms with van der Waals surface area (Å²) in [5, 5.41) is 30.0. The minimum atomic E-state index is -1.22. The first-order valence-corrected chi connectivity index (χ1v) is 7.32. The maximum absolute atomic E-state index is 10.4. The van der Waals surface area contributed by atoms with Crippen molar-refractivity contribution in [1.82, 2.24) is 0 Å². The number of aliphatic hydroxyl groups excluding tert-OH is 2. The quantitative estimate of drug-likeness (QED) is 0.662. The lowest BCUT2D eigenvalue weighted by atomic mass is 9.88. The van der Waals surface area contributed by atoms with Crippen molar-refractivity contribution >= 4 is 0 Å². The highest BCUT2D eigenvalue weighted by molar-refractivity contribution is 4.93. The van der Waals surface area contributed by atoms with Crippen LogP contribution in [0.1, 0.15) is 33.6 Å². The summed E-state index contributed by atoms with van der Waals surface area (Å²) in [6, 6.07) is 0. The van der Waals surface area contributed by atoms with Crippen LogP contribution in [0, 0.1) is 0 Å². The molecule has 2 saturated heterocycles. The maximum Gasteiger partial charge on any atom is 0.161 e. The van der Waals surface area contributed by atoms with Crippen LogP contribution in [-0.4, -0.2) is 71.1 Å². The molecule has 2 aliphatic rings. The molecule has 2 heterocycles. The van der Waals surface area contributed by atoms with Crippen molar-refractivity contribution in [3.05, 3.63) is 0 Å². The van der Waals surface area contributed by atoms with E-state index in [9.17, 15) is 15.3 Å². The molecular formula is C14H26O7. The van der Waals surface area contributed by atoms with Gasteiger partial charge in [0.2, 0.25) is 0 Å². The van der Waals surface area contributed by atoms with Gasteiger partial charge in [0, 0.05) is 20.0 Å². The van der Waals surface area contributed by atoms with Crippen LogP contribution in [0.3, 0.4) is 0 Å². The summed E-state index contributed by atoms with van der Waals surface area (Å²) in [4.78, 5) is 0. The van der Waals surface area contributed by atoms with Gasteiger partial charge in [-0.2, -0.15) is 0 Å². The van der Waals surface area contributed by atoms with Crippen LogP contribution in [0.2, 0.25) is 0 Å². The molecule has 0 aromatic carbocycles. The van der Waals surface area contributed by atoms with Gasteiger partial charge in [-0.3, -0.25) is 0 Å².